The van der Waals surface area contributed by atoms with Gasteiger partial charge in [-0.25, -0.2) is 15.0 Å². The summed E-state index contributed by atoms with van der Waals surface area (Å²) in [5, 5.41) is 0. The third kappa shape index (κ3) is 3.61. The molecule has 0 aliphatic heterocycles. The molecule has 3 nitrogen and oxygen atoms in total. The van der Waals surface area contributed by atoms with Crippen LogP contribution in [-0.4, -0.2) is 15.0 Å². The van der Waals surface area contributed by atoms with Crippen molar-refractivity contribution in [2.24, 2.45) is 5.92 Å². The molecule has 0 amide bonds. The fourth-order valence-electron chi connectivity index (χ4n) is 3.28. The Kier molecular flexibility index (Phi) is 5.19. The van der Waals surface area contributed by atoms with Crippen molar-refractivity contribution in [2.45, 2.75) is 45.4 Å². The Morgan fingerprint density at radius 1 is 1.04 bits per heavy atom. The first-order valence-electron chi connectivity index (χ1n) is 8.81. The Balaban J connectivity index is 2.04. The zero-order valence-electron chi connectivity index (χ0n) is 14.6. The molecule has 0 bridgehead atoms. The van der Waals surface area contributed by atoms with Crippen molar-refractivity contribution in [2.75, 3.05) is 0 Å². The molecule has 0 unspecified atom stereocenters. The van der Waals surface area contributed by atoms with Gasteiger partial charge in [0.05, 0.1) is 0 Å². The van der Waals surface area contributed by atoms with Crippen molar-refractivity contribution in [3.63, 3.8) is 0 Å². The Hall–Kier alpha value is -2.29. The van der Waals surface area contributed by atoms with Crippen LogP contribution in [0, 0.1) is 5.92 Å². The van der Waals surface area contributed by atoms with E-state index >= 15 is 0 Å². The molecule has 0 spiro atoms. The lowest BCUT2D eigenvalue weighted by atomic mass is 9.82. The summed E-state index contributed by atoms with van der Waals surface area (Å²) in [4.78, 5) is 14.3. The quantitative estimate of drug-likeness (QED) is 0.706. The van der Waals surface area contributed by atoms with Gasteiger partial charge in [0.25, 0.3) is 0 Å². The Morgan fingerprint density at radius 2 is 1.75 bits per heavy atom. The van der Waals surface area contributed by atoms with Crippen molar-refractivity contribution in [3.8, 4) is 11.4 Å². The van der Waals surface area contributed by atoms with Crippen molar-refractivity contribution < 1.29 is 0 Å². The highest BCUT2D eigenvalue weighted by Crippen LogP contribution is 2.34. The van der Waals surface area contributed by atoms with E-state index in [0.29, 0.717) is 5.92 Å². The fourth-order valence-corrected chi connectivity index (χ4v) is 3.28. The molecule has 1 heterocycles. The number of hydrogen-bond acceptors (Lipinski definition) is 3. The highest BCUT2D eigenvalue weighted by molar-refractivity contribution is 5.69. The molecule has 1 aliphatic rings. The standard InChI is InChI=1S/C21H25N3/c1-4-16(5-2)19-22-20(17-9-7-6-8-10-17)24-21(23-19)18-13-11-15(3)12-14-18/h4-10,15,18H,1,11-14H2,2-3H3/b16-5+. The summed E-state index contributed by atoms with van der Waals surface area (Å²) in [5.74, 6) is 3.68. The Labute approximate surface area is 144 Å². The van der Waals surface area contributed by atoms with Gasteiger partial charge in [0.15, 0.2) is 11.6 Å². The summed E-state index contributed by atoms with van der Waals surface area (Å²) in [6.45, 7) is 8.22. The number of nitrogens with zero attached hydrogens (tertiary/aromatic N) is 3. The van der Waals surface area contributed by atoms with Crippen LogP contribution >= 0.6 is 0 Å². The molecular weight excluding hydrogens is 294 g/mol. The van der Waals surface area contributed by atoms with Gasteiger partial charge in [-0.1, -0.05) is 68.8 Å². The third-order valence-corrected chi connectivity index (χ3v) is 4.85. The molecule has 1 aromatic carbocycles. The molecule has 3 rings (SSSR count). The zero-order valence-corrected chi connectivity index (χ0v) is 14.6. The van der Waals surface area contributed by atoms with Gasteiger partial charge in [-0.2, -0.15) is 0 Å². The topological polar surface area (TPSA) is 38.7 Å². The van der Waals surface area contributed by atoms with E-state index in [4.69, 9.17) is 15.0 Å². The van der Waals surface area contributed by atoms with E-state index in [2.05, 4.69) is 25.6 Å². The minimum absolute atomic E-state index is 0.438. The van der Waals surface area contributed by atoms with Crippen LogP contribution in [0.1, 0.15) is 57.1 Å². The van der Waals surface area contributed by atoms with E-state index in [9.17, 15) is 0 Å². The van der Waals surface area contributed by atoms with E-state index in [1.165, 1.54) is 12.8 Å². The summed E-state index contributed by atoms with van der Waals surface area (Å²) < 4.78 is 0. The van der Waals surface area contributed by atoms with Crippen molar-refractivity contribution in [1.82, 2.24) is 15.0 Å². The number of rotatable bonds is 4. The van der Waals surface area contributed by atoms with E-state index < -0.39 is 0 Å². The van der Waals surface area contributed by atoms with Gasteiger partial charge >= 0.3 is 0 Å². The number of allylic oxidation sites excluding steroid dienone is 3. The lowest BCUT2D eigenvalue weighted by Crippen LogP contribution is -2.15. The second-order valence-electron chi connectivity index (χ2n) is 6.61. The summed E-state index contributed by atoms with van der Waals surface area (Å²) in [6.07, 6.45) is 8.66. The van der Waals surface area contributed by atoms with E-state index in [1.807, 2.05) is 37.3 Å². The van der Waals surface area contributed by atoms with Gasteiger partial charge < -0.3 is 0 Å². The van der Waals surface area contributed by atoms with Gasteiger partial charge in [0.2, 0.25) is 0 Å². The van der Waals surface area contributed by atoms with Crippen LogP contribution in [0.3, 0.4) is 0 Å². The van der Waals surface area contributed by atoms with E-state index in [1.54, 1.807) is 0 Å². The molecule has 1 saturated carbocycles. The van der Waals surface area contributed by atoms with E-state index in [-0.39, 0.29) is 0 Å². The highest BCUT2D eigenvalue weighted by atomic mass is 15.0. The summed E-state index contributed by atoms with van der Waals surface area (Å²) >= 11 is 0. The van der Waals surface area contributed by atoms with Crippen LogP contribution in [0.5, 0.6) is 0 Å². The first-order chi connectivity index (χ1) is 11.7. The van der Waals surface area contributed by atoms with Crippen LogP contribution in [0.4, 0.5) is 0 Å². The van der Waals surface area contributed by atoms with Crippen molar-refractivity contribution >= 4 is 5.57 Å². The molecule has 1 aromatic heterocycles. The molecule has 1 fully saturated rings. The normalized spacial score (nSPS) is 21.5. The molecule has 0 atom stereocenters. The first-order valence-corrected chi connectivity index (χ1v) is 8.81. The monoisotopic (exact) mass is 319 g/mol. The lowest BCUT2D eigenvalue weighted by Gasteiger charge is -2.25. The molecule has 124 valence electrons. The molecular formula is C21H25N3. The van der Waals surface area contributed by atoms with Crippen molar-refractivity contribution in [1.29, 1.82) is 0 Å². The number of hydrogen-bond donors (Lipinski definition) is 0. The summed E-state index contributed by atoms with van der Waals surface area (Å²) in [5.41, 5.74) is 1.99. The summed E-state index contributed by atoms with van der Waals surface area (Å²) in [7, 11) is 0. The highest BCUT2D eigenvalue weighted by Gasteiger charge is 2.23. The second-order valence-corrected chi connectivity index (χ2v) is 6.61. The lowest BCUT2D eigenvalue weighted by molar-refractivity contribution is 0.339. The Morgan fingerprint density at radius 3 is 2.38 bits per heavy atom. The van der Waals surface area contributed by atoms with Gasteiger partial charge in [0, 0.05) is 17.1 Å². The smallest absolute Gasteiger partial charge is 0.163 e. The maximum atomic E-state index is 4.82. The average molecular weight is 319 g/mol. The summed E-state index contributed by atoms with van der Waals surface area (Å²) in [6, 6.07) is 10.1. The van der Waals surface area contributed by atoms with Gasteiger partial charge in [-0.05, 0) is 25.7 Å². The van der Waals surface area contributed by atoms with Gasteiger partial charge in [-0.3, -0.25) is 0 Å². The predicted octanol–water partition coefficient (Wildman–Crippen LogP) is 5.42. The number of benzene rings is 1. The predicted molar refractivity (Wildman–Crippen MR) is 99.5 cm³/mol. The van der Waals surface area contributed by atoms with Gasteiger partial charge in [-0.15, -0.1) is 0 Å². The fraction of sp³-hybridized carbons (Fsp3) is 0.381. The van der Waals surface area contributed by atoms with Crippen molar-refractivity contribution in [3.05, 3.63) is 60.7 Å². The molecule has 0 saturated heterocycles. The van der Waals surface area contributed by atoms with E-state index in [0.717, 1.165) is 47.4 Å². The second kappa shape index (κ2) is 7.52. The van der Waals surface area contributed by atoms with Crippen LogP contribution in [0.2, 0.25) is 0 Å². The van der Waals surface area contributed by atoms with Crippen LogP contribution in [0.15, 0.2) is 49.1 Å². The van der Waals surface area contributed by atoms with Crippen LogP contribution in [0.25, 0.3) is 17.0 Å². The molecule has 0 radical (unpaired) electrons. The van der Waals surface area contributed by atoms with Gasteiger partial charge in [0.1, 0.15) is 5.82 Å². The minimum Gasteiger partial charge on any atom is -0.213 e. The molecule has 0 N–H and O–H groups in total. The SMILES string of the molecule is C=C/C(=C\C)c1nc(-c2ccccc2)nc(C2CCC(C)CC2)n1. The largest absolute Gasteiger partial charge is 0.213 e. The van der Waals surface area contributed by atoms with Crippen LogP contribution < -0.4 is 0 Å². The molecule has 2 aromatic rings. The zero-order chi connectivity index (χ0) is 16.9. The minimum atomic E-state index is 0.438. The molecule has 3 heteroatoms. The maximum Gasteiger partial charge on any atom is 0.163 e. The molecule has 1 aliphatic carbocycles. The third-order valence-electron chi connectivity index (χ3n) is 4.85. The number of aromatic nitrogens is 3. The maximum absolute atomic E-state index is 4.82. The average Bonchev–Trinajstić information content (AvgIpc) is 2.64. The molecule has 24 heavy (non-hydrogen) atoms. The van der Waals surface area contributed by atoms with Crippen LogP contribution in [-0.2, 0) is 0 Å². The Bertz CT molecular complexity index is 726. The first kappa shape index (κ1) is 16.6.